The first-order valence-electron chi connectivity index (χ1n) is 9.76. The van der Waals surface area contributed by atoms with E-state index >= 15 is 0 Å². The largest absolute Gasteiger partial charge is 0.494 e. The zero-order chi connectivity index (χ0) is 21.8. The van der Waals surface area contributed by atoms with E-state index in [0.29, 0.717) is 48.7 Å². The van der Waals surface area contributed by atoms with Crippen molar-refractivity contribution in [3.05, 3.63) is 59.7 Å². The summed E-state index contributed by atoms with van der Waals surface area (Å²) in [7, 11) is 1.62. The van der Waals surface area contributed by atoms with Crippen molar-refractivity contribution >= 4 is 34.8 Å². The van der Waals surface area contributed by atoms with Crippen molar-refractivity contribution < 1.29 is 19.1 Å². The van der Waals surface area contributed by atoms with Gasteiger partial charge in [-0.2, -0.15) is 0 Å². The molecule has 0 aliphatic rings. The summed E-state index contributed by atoms with van der Waals surface area (Å²) in [5.74, 6) is 0.0268. The number of benzene rings is 2. The Morgan fingerprint density at radius 1 is 1.03 bits per heavy atom. The number of amides is 2. The number of nitrogens with one attached hydrogen (secondary N) is 3. The van der Waals surface area contributed by atoms with Crippen LogP contribution in [0.3, 0.4) is 0 Å². The van der Waals surface area contributed by atoms with Gasteiger partial charge < -0.3 is 20.1 Å². The number of rotatable bonds is 10. The van der Waals surface area contributed by atoms with Crippen molar-refractivity contribution in [2.24, 2.45) is 0 Å². The number of carbonyl (C=O) groups excluding carboxylic acids is 2. The standard InChI is InChI=1S/C22H27N3O4S/c1-3-13-29-17-9-6-8-16(15-17)20(26)25-22(30)24-19-11-5-4-10-18(19)21(27)23-12-7-14-28-2/h4-6,8-11,15H,3,7,12-14H2,1-2H3,(H,23,27)(H2,24,25,26,30). The summed E-state index contributed by atoms with van der Waals surface area (Å²) in [5.41, 5.74) is 1.37. The lowest BCUT2D eigenvalue weighted by Gasteiger charge is -2.14. The maximum Gasteiger partial charge on any atom is 0.257 e. The molecule has 30 heavy (non-hydrogen) atoms. The molecule has 0 heterocycles. The van der Waals surface area contributed by atoms with Crippen LogP contribution in [0.25, 0.3) is 0 Å². The molecule has 160 valence electrons. The Balaban J connectivity index is 1.98. The fraction of sp³-hybridized carbons (Fsp3) is 0.318. The minimum absolute atomic E-state index is 0.0968. The highest BCUT2D eigenvalue weighted by molar-refractivity contribution is 7.80. The van der Waals surface area contributed by atoms with E-state index in [1.54, 1.807) is 55.6 Å². The molecule has 0 aromatic heterocycles. The first-order valence-corrected chi connectivity index (χ1v) is 10.2. The third-order valence-electron chi connectivity index (χ3n) is 4.03. The molecule has 2 aromatic rings. The molecular weight excluding hydrogens is 402 g/mol. The summed E-state index contributed by atoms with van der Waals surface area (Å²) >= 11 is 5.26. The van der Waals surface area contributed by atoms with Gasteiger partial charge in [-0.1, -0.05) is 25.1 Å². The van der Waals surface area contributed by atoms with E-state index < -0.39 is 0 Å². The van der Waals surface area contributed by atoms with Crippen LogP contribution in [0.15, 0.2) is 48.5 Å². The fourth-order valence-electron chi connectivity index (χ4n) is 2.58. The predicted molar refractivity (Wildman–Crippen MR) is 121 cm³/mol. The Kier molecular flexibility index (Phi) is 9.76. The molecule has 8 heteroatoms. The Hall–Kier alpha value is -2.97. The lowest BCUT2D eigenvalue weighted by atomic mass is 10.1. The van der Waals surface area contributed by atoms with Crippen molar-refractivity contribution in [1.29, 1.82) is 0 Å². The summed E-state index contributed by atoms with van der Waals surface area (Å²) < 4.78 is 10.5. The van der Waals surface area contributed by atoms with Crippen LogP contribution in [-0.2, 0) is 4.74 Å². The minimum Gasteiger partial charge on any atom is -0.494 e. The number of para-hydroxylation sites is 1. The maximum atomic E-state index is 12.5. The van der Waals surface area contributed by atoms with Crippen LogP contribution >= 0.6 is 12.2 Å². The van der Waals surface area contributed by atoms with E-state index in [-0.39, 0.29) is 16.9 Å². The third-order valence-corrected chi connectivity index (χ3v) is 4.23. The highest BCUT2D eigenvalue weighted by atomic mass is 32.1. The summed E-state index contributed by atoms with van der Waals surface area (Å²) in [5, 5.41) is 8.49. The van der Waals surface area contributed by atoms with E-state index in [0.717, 1.165) is 6.42 Å². The van der Waals surface area contributed by atoms with Gasteiger partial charge in [-0.25, -0.2) is 0 Å². The fourth-order valence-corrected chi connectivity index (χ4v) is 2.78. The molecule has 0 spiro atoms. The van der Waals surface area contributed by atoms with Gasteiger partial charge in [0.1, 0.15) is 5.75 Å². The summed E-state index contributed by atoms with van der Waals surface area (Å²) in [6.45, 7) is 3.66. The van der Waals surface area contributed by atoms with Crippen molar-refractivity contribution in [1.82, 2.24) is 10.6 Å². The van der Waals surface area contributed by atoms with Gasteiger partial charge in [-0.15, -0.1) is 0 Å². The van der Waals surface area contributed by atoms with Crippen LogP contribution in [0, 0.1) is 0 Å². The number of carbonyl (C=O) groups is 2. The molecule has 2 aromatic carbocycles. The van der Waals surface area contributed by atoms with Crippen LogP contribution < -0.4 is 20.7 Å². The normalized spacial score (nSPS) is 10.2. The molecule has 0 aliphatic heterocycles. The van der Waals surface area contributed by atoms with Crippen LogP contribution in [-0.4, -0.2) is 43.8 Å². The SMILES string of the molecule is CCCOc1cccc(C(=O)NC(=S)Nc2ccccc2C(=O)NCCCOC)c1. The molecule has 2 amide bonds. The second-order valence-corrected chi connectivity index (χ2v) is 6.84. The van der Waals surface area contributed by atoms with Gasteiger partial charge >= 0.3 is 0 Å². The van der Waals surface area contributed by atoms with Gasteiger partial charge in [0.15, 0.2) is 5.11 Å². The van der Waals surface area contributed by atoms with Gasteiger partial charge in [0.25, 0.3) is 11.8 Å². The van der Waals surface area contributed by atoms with Crippen LogP contribution in [0.2, 0.25) is 0 Å². The molecule has 7 nitrogen and oxygen atoms in total. The topological polar surface area (TPSA) is 88.7 Å². The molecule has 2 rings (SSSR count). The lowest BCUT2D eigenvalue weighted by molar-refractivity contribution is 0.0947. The van der Waals surface area contributed by atoms with E-state index in [9.17, 15) is 9.59 Å². The smallest absolute Gasteiger partial charge is 0.257 e. The average molecular weight is 430 g/mol. The molecular formula is C22H27N3O4S. The van der Waals surface area contributed by atoms with Crippen LogP contribution in [0.5, 0.6) is 5.75 Å². The highest BCUT2D eigenvalue weighted by Crippen LogP contribution is 2.16. The Morgan fingerprint density at radius 3 is 2.60 bits per heavy atom. The molecule has 0 saturated heterocycles. The minimum atomic E-state index is -0.365. The van der Waals surface area contributed by atoms with Crippen molar-refractivity contribution in [2.75, 3.05) is 32.2 Å². The van der Waals surface area contributed by atoms with Gasteiger partial charge in [0.2, 0.25) is 0 Å². The number of hydrogen-bond donors (Lipinski definition) is 3. The van der Waals surface area contributed by atoms with Crippen molar-refractivity contribution in [2.45, 2.75) is 19.8 Å². The zero-order valence-electron chi connectivity index (χ0n) is 17.2. The number of ether oxygens (including phenoxy) is 2. The van der Waals surface area contributed by atoms with Gasteiger partial charge in [0, 0.05) is 25.8 Å². The van der Waals surface area contributed by atoms with Gasteiger partial charge in [0.05, 0.1) is 17.9 Å². The first kappa shape index (κ1) is 23.3. The van der Waals surface area contributed by atoms with Crippen molar-refractivity contribution in [3.8, 4) is 5.75 Å². The zero-order valence-corrected chi connectivity index (χ0v) is 18.0. The Bertz CT molecular complexity index is 873. The number of thiocarbonyl (C=S) groups is 1. The van der Waals surface area contributed by atoms with E-state index in [2.05, 4.69) is 16.0 Å². The van der Waals surface area contributed by atoms with E-state index in [1.165, 1.54) is 0 Å². The average Bonchev–Trinajstić information content (AvgIpc) is 2.75. The predicted octanol–water partition coefficient (Wildman–Crippen LogP) is 3.37. The molecule has 0 atom stereocenters. The van der Waals surface area contributed by atoms with E-state index in [4.69, 9.17) is 21.7 Å². The molecule has 0 radical (unpaired) electrons. The monoisotopic (exact) mass is 429 g/mol. The molecule has 0 unspecified atom stereocenters. The van der Waals surface area contributed by atoms with Crippen molar-refractivity contribution in [3.63, 3.8) is 0 Å². The number of anilines is 1. The van der Waals surface area contributed by atoms with E-state index in [1.807, 2.05) is 6.92 Å². The maximum absolute atomic E-state index is 12.5. The van der Waals surface area contributed by atoms with Crippen LogP contribution in [0.1, 0.15) is 40.5 Å². The molecule has 0 aliphatic carbocycles. The lowest BCUT2D eigenvalue weighted by Crippen LogP contribution is -2.35. The summed E-state index contributed by atoms with van der Waals surface area (Å²) in [4.78, 5) is 24.9. The van der Waals surface area contributed by atoms with Crippen LogP contribution in [0.4, 0.5) is 5.69 Å². The third kappa shape index (κ3) is 7.46. The molecule has 3 N–H and O–H groups in total. The second-order valence-electron chi connectivity index (χ2n) is 6.43. The molecule has 0 bridgehead atoms. The molecule has 0 saturated carbocycles. The van der Waals surface area contributed by atoms with Gasteiger partial charge in [-0.05, 0) is 55.4 Å². The Labute approximate surface area is 182 Å². The second kappa shape index (κ2) is 12.6. The first-order chi connectivity index (χ1) is 14.5. The number of hydrogen-bond acceptors (Lipinski definition) is 5. The summed E-state index contributed by atoms with van der Waals surface area (Å²) in [6.07, 6.45) is 1.59. The highest BCUT2D eigenvalue weighted by Gasteiger charge is 2.13. The summed E-state index contributed by atoms with van der Waals surface area (Å²) in [6, 6.07) is 13.8. The molecule has 0 fully saturated rings. The number of methoxy groups -OCH3 is 1. The Morgan fingerprint density at radius 2 is 1.83 bits per heavy atom. The quantitative estimate of drug-likeness (QED) is 0.396. The van der Waals surface area contributed by atoms with Gasteiger partial charge in [-0.3, -0.25) is 14.9 Å².